The molecule has 37 heavy (non-hydrogen) atoms. The van der Waals surface area contributed by atoms with Gasteiger partial charge in [0.25, 0.3) is 0 Å². The lowest BCUT2D eigenvalue weighted by atomic mass is 9.77. The number of piperidine rings is 2. The third-order valence-electron chi connectivity index (χ3n) is 7.64. The van der Waals surface area contributed by atoms with Gasteiger partial charge in [-0.15, -0.1) is 0 Å². The zero-order valence-electron chi connectivity index (χ0n) is 19.5. The zero-order valence-corrected chi connectivity index (χ0v) is 19.5. The maximum atomic E-state index is 14.0. The highest BCUT2D eigenvalue weighted by Crippen LogP contribution is 2.41. The molecule has 10 heteroatoms. The fourth-order valence-corrected chi connectivity index (χ4v) is 5.79. The second-order valence-electron chi connectivity index (χ2n) is 9.87. The van der Waals surface area contributed by atoms with Crippen LogP contribution in [0.5, 0.6) is 0 Å². The first kappa shape index (κ1) is 25.5. The van der Waals surface area contributed by atoms with E-state index >= 15 is 0 Å². The molecular weight excluding hydrogens is 500 g/mol. The quantitative estimate of drug-likeness (QED) is 0.405. The molecule has 4 nitrogen and oxygen atoms in total. The fraction of sp³-hybridized carbons (Fsp3) is 0.407. The van der Waals surface area contributed by atoms with Crippen LogP contribution in [0.2, 0.25) is 0 Å². The standard InChI is InChI=1S/C27H23F6NO3.H2/c28-26(29,30)20-3-1-2-14-6-9-19(25(37)24(14)20)23(36)10-15-4-7-17(11-21(15)27(31,32)33)34-13-16-5-8-18(34)12-22(16)35;/h1-4,7,9,11,16,18,22,35H,5-6,8,10,12-13H2;1H/t16?,18?,22-;/m1./s1. The second kappa shape index (κ2) is 9.01. The molecule has 0 aromatic heterocycles. The van der Waals surface area contributed by atoms with Crippen LogP contribution in [0.25, 0.3) is 0 Å². The number of hydrogen-bond donors (Lipinski definition) is 1. The van der Waals surface area contributed by atoms with Crippen molar-refractivity contribution in [3.63, 3.8) is 0 Å². The smallest absolute Gasteiger partial charge is 0.393 e. The Morgan fingerprint density at radius 2 is 1.76 bits per heavy atom. The van der Waals surface area contributed by atoms with Crippen molar-refractivity contribution in [2.24, 2.45) is 5.92 Å². The summed E-state index contributed by atoms with van der Waals surface area (Å²) in [6.45, 7) is 0.434. The number of Topliss-reactive ketones (excluding diaryl/α,β-unsaturated/α-hetero) is 2. The van der Waals surface area contributed by atoms with Crippen molar-refractivity contribution < 1.29 is 42.5 Å². The van der Waals surface area contributed by atoms with Crippen molar-refractivity contribution in [2.45, 2.75) is 56.6 Å². The summed E-state index contributed by atoms with van der Waals surface area (Å²) in [6, 6.07) is 6.84. The molecule has 198 valence electrons. The molecule has 2 aromatic rings. The van der Waals surface area contributed by atoms with E-state index in [4.69, 9.17) is 0 Å². The predicted octanol–water partition coefficient (Wildman–Crippen LogP) is 5.80. The van der Waals surface area contributed by atoms with E-state index in [9.17, 15) is 41.0 Å². The van der Waals surface area contributed by atoms with E-state index in [0.29, 0.717) is 18.7 Å². The third-order valence-corrected chi connectivity index (χ3v) is 7.64. The zero-order chi connectivity index (χ0) is 26.7. The molecule has 0 radical (unpaired) electrons. The topological polar surface area (TPSA) is 57.6 Å². The largest absolute Gasteiger partial charge is 0.417 e. The number of rotatable bonds is 4. The minimum Gasteiger partial charge on any atom is -0.393 e. The van der Waals surface area contributed by atoms with Crippen molar-refractivity contribution in [3.05, 3.63) is 75.9 Å². The SMILES string of the molecule is O=C(Cc1ccc(N2CC3CCC2C[C@H]3O)cc1C(F)(F)F)C1=CCc2cccc(C(F)(F)F)c2C1=O.[HH]. The normalized spacial score (nSPS) is 23.6. The number of hydrogen-bond acceptors (Lipinski definition) is 4. The minimum atomic E-state index is -4.82. The van der Waals surface area contributed by atoms with Crippen molar-refractivity contribution in [1.29, 1.82) is 0 Å². The van der Waals surface area contributed by atoms with E-state index in [1.165, 1.54) is 30.3 Å². The molecule has 2 aliphatic heterocycles. The molecule has 2 bridgehead atoms. The van der Waals surface area contributed by atoms with Crippen LogP contribution in [0, 0.1) is 5.92 Å². The van der Waals surface area contributed by atoms with Gasteiger partial charge < -0.3 is 10.0 Å². The van der Waals surface area contributed by atoms with Crippen LogP contribution in [-0.4, -0.2) is 35.4 Å². The molecule has 1 saturated carbocycles. The highest BCUT2D eigenvalue weighted by molar-refractivity contribution is 6.28. The first-order chi connectivity index (χ1) is 17.3. The van der Waals surface area contributed by atoms with Crippen LogP contribution >= 0.6 is 0 Å². The average molecular weight is 525 g/mol. The van der Waals surface area contributed by atoms with E-state index in [1.54, 1.807) is 0 Å². The Morgan fingerprint density at radius 3 is 2.38 bits per heavy atom. The lowest BCUT2D eigenvalue weighted by Crippen LogP contribution is -2.54. The number of benzene rings is 2. The molecule has 2 saturated heterocycles. The number of anilines is 1. The number of aliphatic hydroxyl groups is 1. The Kier molecular flexibility index (Phi) is 6.21. The molecule has 2 aromatic carbocycles. The van der Waals surface area contributed by atoms with E-state index in [1.807, 2.05) is 4.90 Å². The predicted molar refractivity (Wildman–Crippen MR) is 124 cm³/mol. The van der Waals surface area contributed by atoms with Gasteiger partial charge in [-0.1, -0.05) is 24.3 Å². The van der Waals surface area contributed by atoms with Gasteiger partial charge in [-0.3, -0.25) is 9.59 Å². The molecule has 2 unspecified atom stereocenters. The maximum Gasteiger partial charge on any atom is 0.417 e. The van der Waals surface area contributed by atoms with Gasteiger partial charge in [0.05, 0.1) is 22.8 Å². The van der Waals surface area contributed by atoms with Crippen molar-refractivity contribution in [2.75, 3.05) is 11.4 Å². The third kappa shape index (κ3) is 4.67. The minimum absolute atomic E-state index is 0. The van der Waals surface area contributed by atoms with Gasteiger partial charge in [-0.25, -0.2) is 0 Å². The van der Waals surface area contributed by atoms with Gasteiger partial charge in [-0.2, -0.15) is 26.3 Å². The number of ketones is 2. The highest BCUT2D eigenvalue weighted by atomic mass is 19.4. The van der Waals surface area contributed by atoms with Gasteiger partial charge >= 0.3 is 12.4 Å². The average Bonchev–Trinajstić information content (AvgIpc) is 2.83. The number of halogens is 6. The summed E-state index contributed by atoms with van der Waals surface area (Å²) in [6.07, 6.45) is -7.74. The molecule has 1 N–H and O–H groups in total. The lowest BCUT2D eigenvalue weighted by Gasteiger charge is -2.49. The molecule has 2 heterocycles. The molecular formula is C27H25F6NO3. The molecule has 3 fully saturated rings. The number of carbonyl (C=O) groups excluding carboxylic acids is 2. The Morgan fingerprint density at radius 1 is 1.03 bits per heavy atom. The summed E-state index contributed by atoms with van der Waals surface area (Å²) >= 11 is 0. The summed E-state index contributed by atoms with van der Waals surface area (Å²) < 4.78 is 82.5. The first-order valence-corrected chi connectivity index (χ1v) is 12.0. The van der Waals surface area contributed by atoms with Gasteiger partial charge in [0.2, 0.25) is 0 Å². The van der Waals surface area contributed by atoms with Crippen LogP contribution in [-0.2, 0) is 30.0 Å². The molecule has 3 atom stereocenters. The summed E-state index contributed by atoms with van der Waals surface area (Å²) in [5.41, 5.74) is -3.28. The van der Waals surface area contributed by atoms with Gasteiger partial charge in [0.15, 0.2) is 11.6 Å². The number of nitrogens with zero attached hydrogens (tertiary/aromatic N) is 1. The summed E-state index contributed by atoms with van der Waals surface area (Å²) in [5.74, 6) is -2.12. The maximum absolute atomic E-state index is 14.0. The summed E-state index contributed by atoms with van der Waals surface area (Å²) in [7, 11) is 0. The van der Waals surface area contributed by atoms with Gasteiger partial charge in [0.1, 0.15) is 0 Å². The number of carbonyl (C=O) groups is 2. The lowest BCUT2D eigenvalue weighted by molar-refractivity contribution is -0.139. The van der Waals surface area contributed by atoms with Crippen LogP contribution in [0.4, 0.5) is 32.0 Å². The number of alkyl halides is 6. The Hall–Kier alpha value is -3.14. The van der Waals surface area contributed by atoms with E-state index < -0.39 is 58.7 Å². The van der Waals surface area contributed by atoms with E-state index in [2.05, 4.69) is 0 Å². The number of aliphatic hydroxyl groups excluding tert-OH is 1. The van der Waals surface area contributed by atoms with Gasteiger partial charge in [-0.05, 0) is 55.0 Å². The molecule has 2 aliphatic carbocycles. The Bertz CT molecular complexity index is 1300. The van der Waals surface area contributed by atoms with E-state index in [-0.39, 0.29) is 30.9 Å². The molecule has 4 aliphatic rings. The molecule has 6 rings (SSSR count). The Balaban J connectivity index is 0.00000336. The van der Waals surface area contributed by atoms with Crippen LogP contribution < -0.4 is 4.90 Å². The molecule has 0 amide bonds. The number of allylic oxidation sites excluding steroid dienone is 2. The second-order valence-corrected chi connectivity index (χ2v) is 9.87. The Labute approximate surface area is 210 Å². The summed E-state index contributed by atoms with van der Waals surface area (Å²) in [5, 5.41) is 10.1. The van der Waals surface area contributed by atoms with Crippen LogP contribution in [0.15, 0.2) is 48.0 Å². The monoisotopic (exact) mass is 525 g/mol. The van der Waals surface area contributed by atoms with E-state index in [0.717, 1.165) is 25.0 Å². The highest BCUT2D eigenvalue weighted by Gasteiger charge is 2.42. The van der Waals surface area contributed by atoms with Crippen LogP contribution in [0.3, 0.4) is 0 Å². The first-order valence-electron chi connectivity index (χ1n) is 12.0. The molecule has 0 spiro atoms. The fourth-order valence-electron chi connectivity index (χ4n) is 5.79. The number of fused-ring (bicyclic) bond motifs is 4. The van der Waals surface area contributed by atoms with Crippen LogP contribution in [0.1, 0.15) is 53.3 Å². The van der Waals surface area contributed by atoms with Crippen molar-refractivity contribution >= 4 is 17.3 Å². The van der Waals surface area contributed by atoms with Crippen molar-refractivity contribution in [1.82, 2.24) is 0 Å². The van der Waals surface area contributed by atoms with Gasteiger partial charge in [0, 0.05) is 37.6 Å². The summed E-state index contributed by atoms with van der Waals surface area (Å²) in [4.78, 5) is 27.8. The van der Waals surface area contributed by atoms with Crippen molar-refractivity contribution in [3.8, 4) is 0 Å².